The van der Waals surface area contributed by atoms with Gasteiger partial charge in [-0.2, -0.15) is 0 Å². The van der Waals surface area contributed by atoms with Crippen molar-refractivity contribution in [3.63, 3.8) is 0 Å². The zero-order valence-corrected chi connectivity index (χ0v) is 14.6. The van der Waals surface area contributed by atoms with Crippen LogP contribution in [-0.2, 0) is 4.79 Å². The summed E-state index contributed by atoms with van der Waals surface area (Å²) in [4.78, 5) is 12.1. The minimum absolute atomic E-state index is 0.209. The lowest BCUT2D eigenvalue weighted by Crippen LogP contribution is -2.18. The van der Waals surface area contributed by atoms with Gasteiger partial charge in [-0.05, 0) is 44.9 Å². The van der Waals surface area contributed by atoms with Crippen LogP contribution < -0.4 is 14.2 Å². The van der Waals surface area contributed by atoms with E-state index in [1.165, 1.54) is 0 Å². The maximum Gasteiger partial charge on any atom is 0.349 e. The summed E-state index contributed by atoms with van der Waals surface area (Å²) >= 11 is 3.49. The van der Waals surface area contributed by atoms with Crippen LogP contribution in [0, 0.1) is 0 Å². The highest BCUT2D eigenvalue weighted by Gasteiger charge is 2.12. The van der Waals surface area contributed by atoms with Crippen LogP contribution in [0.25, 0.3) is 10.8 Å². The Bertz CT molecular complexity index is 876. The summed E-state index contributed by atoms with van der Waals surface area (Å²) in [6.45, 7) is -0.209. The van der Waals surface area contributed by atoms with E-state index in [1.807, 2.05) is 42.5 Å². The fourth-order valence-corrected chi connectivity index (χ4v) is 2.89. The molecule has 0 N–H and O–H groups in total. The smallest absolute Gasteiger partial charge is 0.349 e. The summed E-state index contributed by atoms with van der Waals surface area (Å²) in [5, 5.41) is 2.04. The van der Waals surface area contributed by atoms with Gasteiger partial charge in [0.25, 0.3) is 0 Å². The molecule has 0 aromatic heterocycles. The Labute approximate surface area is 148 Å². The highest BCUT2D eigenvalue weighted by Crippen LogP contribution is 2.33. The molecule has 3 aromatic rings. The number of rotatable bonds is 5. The van der Waals surface area contributed by atoms with Crippen LogP contribution in [0.4, 0.5) is 0 Å². The zero-order chi connectivity index (χ0) is 16.9. The summed E-state index contributed by atoms with van der Waals surface area (Å²) in [5.41, 5.74) is 0. The van der Waals surface area contributed by atoms with Crippen LogP contribution in [0.15, 0.2) is 65.1 Å². The second-order valence-corrected chi connectivity index (χ2v) is 5.81. The van der Waals surface area contributed by atoms with E-state index < -0.39 is 5.97 Å². The number of hydrogen-bond donors (Lipinski definition) is 0. The van der Waals surface area contributed by atoms with Gasteiger partial charge in [-0.3, -0.25) is 0 Å². The minimum Gasteiger partial charge on any atom is -0.493 e. The largest absolute Gasteiger partial charge is 0.493 e. The maximum atomic E-state index is 12.1. The van der Waals surface area contributed by atoms with Crippen molar-refractivity contribution in [2.75, 3.05) is 13.7 Å². The molecular weight excluding hydrogens is 372 g/mol. The first-order valence-corrected chi connectivity index (χ1v) is 8.12. The maximum absolute atomic E-state index is 12.1. The fraction of sp³-hybridized carbons (Fsp3) is 0.105. The number of methoxy groups -OCH3 is 1. The molecular formula is C19H15BrO4. The van der Waals surface area contributed by atoms with Crippen molar-refractivity contribution in [3.8, 4) is 17.2 Å². The van der Waals surface area contributed by atoms with E-state index in [0.717, 1.165) is 15.2 Å². The lowest BCUT2D eigenvalue weighted by molar-refractivity contribution is -0.136. The van der Waals surface area contributed by atoms with Crippen molar-refractivity contribution < 1.29 is 19.0 Å². The number of benzene rings is 3. The molecule has 0 radical (unpaired) electrons. The summed E-state index contributed by atoms with van der Waals surface area (Å²) in [6.07, 6.45) is 0. The van der Waals surface area contributed by atoms with Crippen molar-refractivity contribution in [1.82, 2.24) is 0 Å². The van der Waals surface area contributed by atoms with Gasteiger partial charge in [-0.25, -0.2) is 4.79 Å². The van der Waals surface area contributed by atoms with E-state index in [9.17, 15) is 4.79 Å². The first kappa shape index (κ1) is 16.3. The molecule has 0 amide bonds. The van der Waals surface area contributed by atoms with Crippen molar-refractivity contribution in [1.29, 1.82) is 0 Å². The highest BCUT2D eigenvalue weighted by atomic mass is 79.9. The third-order valence-electron chi connectivity index (χ3n) is 3.47. The molecule has 0 unspecified atom stereocenters. The number of hydrogen-bond acceptors (Lipinski definition) is 4. The first-order chi connectivity index (χ1) is 11.7. The van der Waals surface area contributed by atoms with Crippen molar-refractivity contribution in [3.05, 3.63) is 65.1 Å². The van der Waals surface area contributed by atoms with Gasteiger partial charge in [0.15, 0.2) is 18.1 Å². The second kappa shape index (κ2) is 7.36. The molecule has 4 nitrogen and oxygen atoms in total. The van der Waals surface area contributed by atoms with Gasteiger partial charge in [-0.15, -0.1) is 0 Å². The molecule has 0 fully saturated rings. The Morgan fingerprint density at radius 1 is 0.917 bits per heavy atom. The van der Waals surface area contributed by atoms with Crippen LogP contribution in [0.5, 0.6) is 17.2 Å². The van der Waals surface area contributed by atoms with Gasteiger partial charge in [0, 0.05) is 0 Å². The predicted octanol–water partition coefficient (Wildman–Crippen LogP) is 4.60. The molecule has 0 saturated carbocycles. The zero-order valence-electron chi connectivity index (χ0n) is 13.0. The molecule has 0 aliphatic heterocycles. The van der Waals surface area contributed by atoms with Crippen LogP contribution in [0.2, 0.25) is 0 Å². The quantitative estimate of drug-likeness (QED) is 0.474. The molecule has 0 atom stereocenters. The average molecular weight is 387 g/mol. The summed E-state index contributed by atoms with van der Waals surface area (Å²) in [5.74, 6) is 1.03. The van der Waals surface area contributed by atoms with Crippen LogP contribution >= 0.6 is 15.9 Å². The fourth-order valence-electron chi connectivity index (χ4n) is 2.32. The van der Waals surface area contributed by atoms with E-state index in [-0.39, 0.29) is 6.61 Å². The van der Waals surface area contributed by atoms with Gasteiger partial charge in [0.2, 0.25) is 0 Å². The third-order valence-corrected chi connectivity index (χ3v) is 4.28. The Kier molecular flexibility index (Phi) is 5.01. The van der Waals surface area contributed by atoms with Gasteiger partial charge in [0.05, 0.1) is 11.6 Å². The molecule has 24 heavy (non-hydrogen) atoms. The van der Waals surface area contributed by atoms with Crippen LogP contribution in [-0.4, -0.2) is 19.7 Å². The van der Waals surface area contributed by atoms with Crippen molar-refractivity contribution >= 4 is 32.7 Å². The van der Waals surface area contributed by atoms with Crippen molar-refractivity contribution in [2.24, 2.45) is 0 Å². The van der Waals surface area contributed by atoms with E-state index in [4.69, 9.17) is 14.2 Å². The number of fused-ring (bicyclic) bond motifs is 1. The second-order valence-electron chi connectivity index (χ2n) is 5.01. The molecule has 5 heteroatoms. The molecule has 122 valence electrons. The summed E-state index contributed by atoms with van der Waals surface area (Å²) in [7, 11) is 1.55. The number of ether oxygens (including phenoxy) is 3. The molecule has 0 spiro atoms. The number of esters is 1. The Morgan fingerprint density at radius 2 is 1.62 bits per heavy atom. The number of carbonyl (C=O) groups excluding carboxylic acids is 1. The standard InChI is InChI=1S/C19H15BrO4/c1-22-15-8-4-5-9-16(15)23-12-18(21)24-17-11-10-13-6-2-3-7-14(13)19(17)20/h2-11H,12H2,1H3. The van der Waals surface area contributed by atoms with Crippen molar-refractivity contribution in [2.45, 2.75) is 0 Å². The number of para-hydroxylation sites is 2. The van der Waals surface area contributed by atoms with E-state index in [1.54, 1.807) is 25.3 Å². The normalized spacial score (nSPS) is 10.4. The van der Waals surface area contributed by atoms with Gasteiger partial charge in [0.1, 0.15) is 5.75 Å². The number of carbonyl (C=O) groups is 1. The summed E-state index contributed by atoms with van der Waals surface area (Å²) < 4.78 is 16.8. The molecule has 3 aromatic carbocycles. The van der Waals surface area contributed by atoms with Crippen LogP contribution in [0.3, 0.4) is 0 Å². The highest BCUT2D eigenvalue weighted by molar-refractivity contribution is 9.10. The number of halogens is 1. The minimum atomic E-state index is -0.489. The van der Waals surface area contributed by atoms with Gasteiger partial charge >= 0.3 is 5.97 Å². The lowest BCUT2D eigenvalue weighted by Gasteiger charge is -2.11. The van der Waals surface area contributed by atoms with E-state index in [0.29, 0.717) is 17.2 Å². The molecule has 0 saturated heterocycles. The monoisotopic (exact) mass is 386 g/mol. The lowest BCUT2D eigenvalue weighted by atomic mass is 10.1. The van der Waals surface area contributed by atoms with Gasteiger partial charge < -0.3 is 14.2 Å². The summed E-state index contributed by atoms with van der Waals surface area (Å²) in [6, 6.07) is 18.7. The average Bonchev–Trinajstić information content (AvgIpc) is 2.63. The topological polar surface area (TPSA) is 44.8 Å². The predicted molar refractivity (Wildman–Crippen MR) is 95.8 cm³/mol. The van der Waals surface area contributed by atoms with Gasteiger partial charge in [-0.1, -0.05) is 42.5 Å². The Balaban J connectivity index is 1.70. The molecule has 0 heterocycles. The Morgan fingerprint density at radius 3 is 2.42 bits per heavy atom. The Hall–Kier alpha value is -2.53. The van der Waals surface area contributed by atoms with E-state index >= 15 is 0 Å². The molecule has 0 aliphatic rings. The van der Waals surface area contributed by atoms with E-state index in [2.05, 4.69) is 15.9 Å². The molecule has 0 bridgehead atoms. The molecule has 3 rings (SSSR count). The van der Waals surface area contributed by atoms with Crippen LogP contribution in [0.1, 0.15) is 0 Å². The molecule has 0 aliphatic carbocycles. The third kappa shape index (κ3) is 3.51. The first-order valence-electron chi connectivity index (χ1n) is 7.33. The SMILES string of the molecule is COc1ccccc1OCC(=O)Oc1ccc2ccccc2c1Br.